The van der Waals surface area contributed by atoms with Crippen LogP contribution in [-0.2, 0) is 4.79 Å². The minimum atomic E-state index is -4.82. The van der Waals surface area contributed by atoms with Gasteiger partial charge in [0.25, 0.3) is 0 Å². The number of carbonyl (C=O) groups is 1. The fraction of sp³-hybridized carbons (Fsp3) is 0.800. The molecule has 0 saturated carbocycles. The van der Waals surface area contributed by atoms with Gasteiger partial charge in [-0.1, -0.05) is 12.2 Å². The molecule has 1 aliphatic heterocycles. The van der Waals surface area contributed by atoms with Crippen LogP contribution in [-0.4, -0.2) is 19.4 Å². The van der Waals surface area contributed by atoms with Gasteiger partial charge in [0.15, 0.2) is 0 Å². The Morgan fingerprint density at radius 3 is 2.45 bits per heavy atom. The first kappa shape index (κ1) is 8.42. The Kier molecular flexibility index (Phi) is 2.11. The van der Waals surface area contributed by atoms with E-state index in [9.17, 15) is 17.7 Å². The van der Waals surface area contributed by atoms with E-state index in [1.807, 2.05) is 0 Å². The zero-order valence-corrected chi connectivity index (χ0v) is 5.82. The van der Waals surface area contributed by atoms with Crippen LogP contribution in [0.2, 0.25) is 5.82 Å². The lowest BCUT2D eigenvalue weighted by atomic mass is 9.67. The maximum Gasteiger partial charge on any atom is 0.481 e. The van der Waals surface area contributed by atoms with E-state index in [-0.39, 0.29) is 19.4 Å². The van der Waals surface area contributed by atoms with Gasteiger partial charge in [0.2, 0.25) is 5.91 Å². The molecule has 0 aromatic carbocycles. The van der Waals surface area contributed by atoms with E-state index in [0.29, 0.717) is 0 Å². The van der Waals surface area contributed by atoms with Crippen LogP contribution in [0, 0.1) is 0 Å². The summed E-state index contributed by atoms with van der Waals surface area (Å²) in [6, 6.07) is 0. The topological polar surface area (TPSA) is 29.1 Å². The summed E-state index contributed by atoms with van der Waals surface area (Å²) in [4.78, 5) is 10.5. The van der Waals surface area contributed by atoms with Crippen LogP contribution >= 0.6 is 0 Å². The Hall–Kier alpha value is -0.675. The summed E-state index contributed by atoms with van der Waals surface area (Å²) >= 11 is 0. The zero-order chi connectivity index (χ0) is 8.48. The standard InChI is InChI=1S/C5H8BF3NO/c7-6(8,9)4-1-2-10-5(11)3-4/h4H,1-3H2,(H,10,11)/q-1. The first-order valence-corrected chi connectivity index (χ1v) is 3.47. The SMILES string of the molecule is O=C1CC([B-](F)(F)F)CCN1. The molecule has 1 aliphatic rings. The number of hydrogen-bond donors (Lipinski definition) is 1. The van der Waals surface area contributed by atoms with E-state index >= 15 is 0 Å². The fourth-order valence-electron chi connectivity index (χ4n) is 1.13. The van der Waals surface area contributed by atoms with Crippen molar-refractivity contribution in [1.29, 1.82) is 0 Å². The normalized spacial score (nSPS) is 26.5. The molecule has 1 fully saturated rings. The third-order valence-electron chi connectivity index (χ3n) is 1.82. The van der Waals surface area contributed by atoms with Gasteiger partial charge in [-0.15, -0.1) is 0 Å². The highest BCUT2D eigenvalue weighted by Gasteiger charge is 2.37. The summed E-state index contributed by atoms with van der Waals surface area (Å²) < 4.78 is 36.0. The lowest BCUT2D eigenvalue weighted by Gasteiger charge is -2.29. The molecule has 2 nitrogen and oxygen atoms in total. The highest BCUT2D eigenvalue weighted by atomic mass is 19.4. The van der Waals surface area contributed by atoms with Gasteiger partial charge < -0.3 is 18.3 Å². The molecule has 0 aromatic heterocycles. The molecule has 1 atom stereocenters. The van der Waals surface area contributed by atoms with Gasteiger partial charge in [0.05, 0.1) is 0 Å². The lowest BCUT2D eigenvalue weighted by molar-refractivity contribution is -0.122. The van der Waals surface area contributed by atoms with Gasteiger partial charge in [0, 0.05) is 13.0 Å². The van der Waals surface area contributed by atoms with Gasteiger partial charge in [-0.2, -0.15) is 0 Å². The molecular weight excluding hydrogens is 158 g/mol. The van der Waals surface area contributed by atoms with Gasteiger partial charge in [-0.25, -0.2) is 0 Å². The average molecular weight is 166 g/mol. The van der Waals surface area contributed by atoms with Crippen molar-refractivity contribution >= 4 is 12.9 Å². The summed E-state index contributed by atoms with van der Waals surface area (Å²) in [5, 5.41) is 2.36. The molecule has 1 N–H and O–H groups in total. The lowest BCUT2D eigenvalue weighted by Crippen LogP contribution is -2.38. The Labute approximate surface area is 62.2 Å². The molecule has 64 valence electrons. The first-order chi connectivity index (χ1) is 5.00. The van der Waals surface area contributed by atoms with Crippen LogP contribution in [0.1, 0.15) is 12.8 Å². The molecule has 0 radical (unpaired) electrons. The minimum absolute atomic E-state index is 0.0369. The van der Waals surface area contributed by atoms with Crippen LogP contribution in [0.15, 0.2) is 0 Å². The number of amides is 1. The van der Waals surface area contributed by atoms with Crippen molar-refractivity contribution in [2.45, 2.75) is 18.7 Å². The first-order valence-electron chi connectivity index (χ1n) is 3.47. The maximum absolute atomic E-state index is 12.0. The van der Waals surface area contributed by atoms with Crippen LogP contribution in [0.3, 0.4) is 0 Å². The minimum Gasteiger partial charge on any atom is -0.449 e. The maximum atomic E-state index is 12.0. The number of nitrogens with one attached hydrogen (secondary N) is 1. The number of hydrogen-bond acceptors (Lipinski definition) is 1. The van der Waals surface area contributed by atoms with Crippen molar-refractivity contribution in [1.82, 2.24) is 5.32 Å². The highest BCUT2D eigenvalue weighted by molar-refractivity contribution is 6.60. The predicted octanol–water partition coefficient (Wildman–Crippen LogP) is 1.11. The molecule has 1 heterocycles. The van der Waals surface area contributed by atoms with E-state index in [2.05, 4.69) is 5.32 Å². The second-order valence-electron chi connectivity index (χ2n) is 2.73. The van der Waals surface area contributed by atoms with Crippen molar-refractivity contribution in [3.8, 4) is 0 Å². The van der Waals surface area contributed by atoms with E-state index in [1.54, 1.807) is 0 Å². The average Bonchev–Trinajstić information content (AvgIpc) is 1.86. The van der Waals surface area contributed by atoms with Crippen molar-refractivity contribution in [3.05, 3.63) is 0 Å². The monoisotopic (exact) mass is 166 g/mol. The van der Waals surface area contributed by atoms with Gasteiger partial charge in [-0.05, 0) is 0 Å². The van der Waals surface area contributed by atoms with Crippen LogP contribution in [0.5, 0.6) is 0 Å². The van der Waals surface area contributed by atoms with E-state index in [0.717, 1.165) is 0 Å². The summed E-state index contributed by atoms with van der Waals surface area (Å²) in [6.45, 7) is -4.66. The number of carbonyl (C=O) groups excluding carboxylic acids is 1. The molecule has 0 aromatic rings. The number of halogens is 3. The molecular formula is C5H8BF3NO-. The van der Waals surface area contributed by atoms with Gasteiger partial charge in [0.1, 0.15) is 0 Å². The second kappa shape index (κ2) is 2.75. The summed E-state index contributed by atoms with van der Waals surface area (Å²) in [7, 11) is 0. The number of piperidine rings is 1. The quantitative estimate of drug-likeness (QED) is 0.580. The third-order valence-corrected chi connectivity index (χ3v) is 1.82. The van der Waals surface area contributed by atoms with Crippen molar-refractivity contribution in [2.75, 3.05) is 6.54 Å². The van der Waals surface area contributed by atoms with E-state index in [4.69, 9.17) is 0 Å². The number of rotatable bonds is 1. The molecule has 0 aliphatic carbocycles. The Balaban J connectivity index is 2.53. The molecule has 0 spiro atoms. The molecule has 1 saturated heterocycles. The second-order valence-corrected chi connectivity index (χ2v) is 2.73. The van der Waals surface area contributed by atoms with Gasteiger partial charge >= 0.3 is 6.98 Å². The smallest absolute Gasteiger partial charge is 0.449 e. The Bertz CT molecular complexity index is 170. The van der Waals surface area contributed by atoms with E-state index in [1.165, 1.54) is 0 Å². The Morgan fingerprint density at radius 2 is 2.09 bits per heavy atom. The summed E-state index contributed by atoms with van der Waals surface area (Å²) in [5.41, 5.74) is 0. The summed E-state index contributed by atoms with van der Waals surface area (Å²) in [5.74, 6) is -1.86. The largest absolute Gasteiger partial charge is 0.481 e. The molecule has 6 heteroatoms. The van der Waals surface area contributed by atoms with Crippen molar-refractivity contribution in [3.63, 3.8) is 0 Å². The van der Waals surface area contributed by atoms with E-state index < -0.39 is 18.7 Å². The van der Waals surface area contributed by atoms with Gasteiger partial charge in [-0.3, -0.25) is 4.79 Å². The van der Waals surface area contributed by atoms with Crippen LogP contribution < -0.4 is 5.32 Å². The Morgan fingerprint density at radius 1 is 1.45 bits per heavy atom. The van der Waals surface area contributed by atoms with Crippen molar-refractivity contribution in [2.24, 2.45) is 0 Å². The molecule has 1 amide bonds. The summed E-state index contributed by atoms with van der Waals surface area (Å²) in [6.07, 6.45) is -0.348. The highest BCUT2D eigenvalue weighted by Crippen LogP contribution is 2.33. The third kappa shape index (κ3) is 2.13. The predicted molar refractivity (Wildman–Crippen MR) is 35.1 cm³/mol. The molecule has 11 heavy (non-hydrogen) atoms. The molecule has 1 rings (SSSR count). The zero-order valence-electron chi connectivity index (χ0n) is 5.82. The van der Waals surface area contributed by atoms with Crippen molar-refractivity contribution < 1.29 is 17.7 Å². The van der Waals surface area contributed by atoms with Crippen LogP contribution in [0.4, 0.5) is 12.9 Å². The fourth-order valence-corrected chi connectivity index (χ4v) is 1.13. The van der Waals surface area contributed by atoms with Crippen LogP contribution in [0.25, 0.3) is 0 Å². The molecule has 0 bridgehead atoms. The molecule has 1 unspecified atom stereocenters.